The maximum absolute atomic E-state index is 13.6. The average molecular weight is 333 g/mol. The molecule has 0 aliphatic carbocycles. The predicted molar refractivity (Wildman–Crippen MR) is 82.7 cm³/mol. The standard InChI is InChI=1S/C17H14BrFO/c18-16-10-9-14(12-17(16)19)15-8-4-3-7-13(15)6-2-1-5-11-20/h3-4,7-10,12,20H,1,5,11H2. The highest BCUT2D eigenvalue weighted by atomic mass is 79.9. The second kappa shape index (κ2) is 7.23. The fourth-order valence-corrected chi connectivity index (χ4v) is 2.08. The van der Waals surface area contributed by atoms with Gasteiger partial charge in [0.05, 0.1) is 4.47 Å². The van der Waals surface area contributed by atoms with E-state index >= 15 is 0 Å². The predicted octanol–water partition coefficient (Wildman–Crippen LogP) is 4.38. The van der Waals surface area contributed by atoms with E-state index in [-0.39, 0.29) is 12.4 Å². The van der Waals surface area contributed by atoms with E-state index in [4.69, 9.17) is 5.11 Å². The summed E-state index contributed by atoms with van der Waals surface area (Å²) in [7, 11) is 0. The molecule has 2 aromatic rings. The van der Waals surface area contributed by atoms with Crippen molar-refractivity contribution in [3.63, 3.8) is 0 Å². The molecule has 2 aromatic carbocycles. The molecule has 102 valence electrons. The Bertz CT molecular complexity index is 656. The molecule has 3 heteroatoms. The van der Waals surface area contributed by atoms with Crippen LogP contribution in [0, 0.1) is 17.7 Å². The summed E-state index contributed by atoms with van der Waals surface area (Å²) in [6, 6.07) is 12.7. The van der Waals surface area contributed by atoms with Crippen LogP contribution in [-0.2, 0) is 0 Å². The number of benzene rings is 2. The fourth-order valence-electron chi connectivity index (χ4n) is 1.83. The third-order valence-corrected chi connectivity index (χ3v) is 3.48. The summed E-state index contributed by atoms with van der Waals surface area (Å²) < 4.78 is 14.1. The number of hydrogen-bond acceptors (Lipinski definition) is 1. The van der Waals surface area contributed by atoms with Crippen molar-refractivity contribution in [3.8, 4) is 23.0 Å². The zero-order valence-corrected chi connectivity index (χ0v) is 12.5. The van der Waals surface area contributed by atoms with Crippen molar-refractivity contribution < 1.29 is 9.50 Å². The molecule has 0 spiro atoms. The lowest BCUT2D eigenvalue weighted by Gasteiger charge is -2.05. The van der Waals surface area contributed by atoms with Crippen LogP contribution >= 0.6 is 15.9 Å². The van der Waals surface area contributed by atoms with Gasteiger partial charge in [-0.25, -0.2) is 4.39 Å². The maximum atomic E-state index is 13.6. The van der Waals surface area contributed by atoms with E-state index in [1.54, 1.807) is 6.07 Å². The normalized spacial score (nSPS) is 9.95. The smallest absolute Gasteiger partial charge is 0.137 e. The number of halogens is 2. The van der Waals surface area contributed by atoms with Crippen molar-refractivity contribution in [2.45, 2.75) is 12.8 Å². The molecule has 0 unspecified atom stereocenters. The van der Waals surface area contributed by atoms with Crippen LogP contribution in [0.15, 0.2) is 46.9 Å². The Balaban J connectivity index is 2.35. The van der Waals surface area contributed by atoms with E-state index in [2.05, 4.69) is 27.8 Å². The van der Waals surface area contributed by atoms with E-state index in [9.17, 15) is 4.39 Å². The molecule has 0 bridgehead atoms. The lowest BCUT2D eigenvalue weighted by atomic mass is 10.00. The Labute approximate surface area is 126 Å². The van der Waals surface area contributed by atoms with Crippen molar-refractivity contribution in [2.24, 2.45) is 0 Å². The zero-order chi connectivity index (χ0) is 14.4. The molecule has 0 aliphatic rings. The van der Waals surface area contributed by atoms with Crippen molar-refractivity contribution in [1.82, 2.24) is 0 Å². The second-order valence-electron chi connectivity index (χ2n) is 4.30. The van der Waals surface area contributed by atoms with E-state index in [0.29, 0.717) is 17.3 Å². The molecule has 0 radical (unpaired) electrons. The summed E-state index contributed by atoms with van der Waals surface area (Å²) in [6.07, 6.45) is 1.32. The molecule has 1 nitrogen and oxygen atoms in total. The zero-order valence-electron chi connectivity index (χ0n) is 10.9. The minimum Gasteiger partial charge on any atom is -0.396 e. The van der Waals surface area contributed by atoms with Gasteiger partial charge in [-0.3, -0.25) is 0 Å². The van der Waals surface area contributed by atoms with Gasteiger partial charge < -0.3 is 5.11 Å². The van der Waals surface area contributed by atoms with Gasteiger partial charge in [-0.05, 0) is 51.7 Å². The van der Waals surface area contributed by atoms with E-state index in [1.807, 2.05) is 30.3 Å². The van der Waals surface area contributed by atoms with E-state index < -0.39 is 0 Å². The quantitative estimate of drug-likeness (QED) is 0.653. The van der Waals surface area contributed by atoms with Crippen molar-refractivity contribution in [3.05, 3.63) is 58.3 Å². The van der Waals surface area contributed by atoms with Gasteiger partial charge in [0.1, 0.15) is 5.82 Å². The average Bonchev–Trinajstić information content (AvgIpc) is 2.47. The van der Waals surface area contributed by atoms with Crippen LogP contribution in [0.4, 0.5) is 4.39 Å². The van der Waals surface area contributed by atoms with Crippen LogP contribution in [0.25, 0.3) is 11.1 Å². The molecule has 0 atom stereocenters. The molecule has 0 amide bonds. The number of rotatable bonds is 3. The van der Waals surface area contributed by atoms with Gasteiger partial charge in [0.15, 0.2) is 0 Å². The summed E-state index contributed by atoms with van der Waals surface area (Å²) in [5.74, 6) is 5.82. The minimum atomic E-state index is -0.287. The summed E-state index contributed by atoms with van der Waals surface area (Å²) in [4.78, 5) is 0. The molecular weight excluding hydrogens is 319 g/mol. The second-order valence-corrected chi connectivity index (χ2v) is 5.16. The first-order valence-electron chi connectivity index (χ1n) is 6.36. The first-order valence-corrected chi connectivity index (χ1v) is 7.16. The molecule has 1 N–H and O–H groups in total. The Morgan fingerprint density at radius 3 is 2.70 bits per heavy atom. The van der Waals surface area contributed by atoms with Gasteiger partial charge >= 0.3 is 0 Å². The monoisotopic (exact) mass is 332 g/mol. The maximum Gasteiger partial charge on any atom is 0.137 e. The third kappa shape index (κ3) is 3.69. The van der Waals surface area contributed by atoms with Crippen LogP contribution in [0.2, 0.25) is 0 Å². The summed E-state index contributed by atoms with van der Waals surface area (Å²) >= 11 is 3.15. The Kier molecular flexibility index (Phi) is 5.34. The summed E-state index contributed by atoms with van der Waals surface area (Å²) in [6.45, 7) is 0.147. The van der Waals surface area contributed by atoms with Crippen LogP contribution in [0.5, 0.6) is 0 Å². The molecule has 0 saturated heterocycles. The van der Waals surface area contributed by atoms with Gasteiger partial charge in [-0.1, -0.05) is 36.1 Å². The molecule has 0 heterocycles. The number of hydrogen-bond donors (Lipinski definition) is 1. The van der Waals surface area contributed by atoms with E-state index in [0.717, 1.165) is 16.7 Å². The van der Waals surface area contributed by atoms with Crippen LogP contribution in [-0.4, -0.2) is 11.7 Å². The van der Waals surface area contributed by atoms with E-state index in [1.165, 1.54) is 6.07 Å². The molecule has 0 aliphatic heterocycles. The SMILES string of the molecule is OCCCC#Cc1ccccc1-c1ccc(Br)c(F)c1. The molecule has 0 saturated carbocycles. The molecule has 0 fully saturated rings. The molecule has 0 aromatic heterocycles. The minimum absolute atomic E-state index is 0.147. The topological polar surface area (TPSA) is 20.2 Å². The van der Waals surface area contributed by atoms with Gasteiger partial charge in [0, 0.05) is 18.6 Å². The Morgan fingerprint density at radius 2 is 1.95 bits per heavy atom. The summed E-state index contributed by atoms with van der Waals surface area (Å²) in [5.41, 5.74) is 2.58. The molecule has 2 rings (SSSR count). The third-order valence-electron chi connectivity index (χ3n) is 2.84. The van der Waals surface area contributed by atoms with Crippen molar-refractivity contribution in [1.29, 1.82) is 0 Å². The van der Waals surface area contributed by atoms with Gasteiger partial charge in [0.2, 0.25) is 0 Å². The van der Waals surface area contributed by atoms with Crippen LogP contribution in [0.1, 0.15) is 18.4 Å². The lowest BCUT2D eigenvalue weighted by Crippen LogP contribution is -1.86. The van der Waals surface area contributed by atoms with Crippen molar-refractivity contribution in [2.75, 3.05) is 6.61 Å². The Hall–Kier alpha value is -1.63. The highest BCUT2D eigenvalue weighted by Gasteiger charge is 2.05. The molecular formula is C17H14BrFO. The first kappa shape index (κ1) is 14.8. The van der Waals surface area contributed by atoms with Gasteiger partial charge in [-0.15, -0.1) is 0 Å². The fraction of sp³-hybridized carbons (Fsp3) is 0.176. The van der Waals surface area contributed by atoms with Gasteiger partial charge in [0.25, 0.3) is 0 Å². The lowest BCUT2D eigenvalue weighted by molar-refractivity contribution is 0.290. The number of unbranched alkanes of at least 4 members (excludes halogenated alkanes) is 1. The number of aliphatic hydroxyl groups excluding tert-OH is 1. The van der Waals surface area contributed by atoms with Crippen LogP contribution in [0.3, 0.4) is 0 Å². The highest BCUT2D eigenvalue weighted by Crippen LogP contribution is 2.26. The van der Waals surface area contributed by atoms with Gasteiger partial charge in [-0.2, -0.15) is 0 Å². The highest BCUT2D eigenvalue weighted by molar-refractivity contribution is 9.10. The molecule has 20 heavy (non-hydrogen) atoms. The van der Waals surface area contributed by atoms with Crippen LogP contribution < -0.4 is 0 Å². The largest absolute Gasteiger partial charge is 0.396 e. The first-order chi connectivity index (χ1) is 9.72. The Morgan fingerprint density at radius 1 is 1.15 bits per heavy atom. The summed E-state index contributed by atoms with van der Waals surface area (Å²) in [5, 5.41) is 8.74. The number of aliphatic hydroxyl groups is 1. The van der Waals surface area contributed by atoms with Crippen molar-refractivity contribution >= 4 is 15.9 Å².